The second-order valence-electron chi connectivity index (χ2n) is 9.08. The summed E-state index contributed by atoms with van der Waals surface area (Å²) in [4.78, 5) is 38.4. The lowest BCUT2D eigenvalue weighted by atomic mass is 10.1. The summed E-state index contributed by atoms with van der Waals surface area (Å²) in [5, 5.41) is 9.71. The lowest BCUT2D eigenvalue weighted by Gasteiger charge is -2.45. The molecule has 1 aliphatic rings. The van der Waals surface area contributed by atoms with Crippen LogP contribution in [0.1, 0.15) is 53.8 Å². The smallest absolute Gasteiger partial charge is 0.410 e. The monoisotopic (exact) mass is 434 g/mol. The third-order valence-corrected chi connectivity index (χ3v) is 5.73. The van der Waals surface area contributed by atoms with Crippen LogP contribution < -0.4 is 10.6 Å². The maximum absolute atomic E-state index is 12.8. The zero-order valence-corrected chi connectivity index (χ0v) is 19.5. The van der Waals surface area contributed by atoms with E-state index < -0.39 is 5.60 Å². The molecule has 0 aromatic carbocycles. The minimum Gasteiger partial charge on any atom is -0.444 e. The third-order valence-electron chi connectivity index (χ3n) is 5.73. The number of anilines is 1. The van der Waals surface area contributed by atoms with Gasteiger partial charge in [-0.25, -0.2) is 14.6 Å². The van der Waals surface area contributed by atoms with E-state index in [1.165, 1.54) is 0 Å². The summed E-state index contributed by atoms with van der Waals surface area (Å²) < 4.78 is 8.91. The Bertz CT molecular complexity index is 1020. The van der Waals surface area contributed by atoms with Crippen molar-refractivity contribution in [3.05, 3.63) is 16.3 Å². The van der Waals surface area contributed by atoms with Gasteiger partial charge >= 0.3 is 11.8 Å². The van der Waals surface area contributed by atoms with Crippen LogP contribution >= 0.6 is 0 Å². The van der Waals surface area contributed by atoms with E-state index in [1.807, 2.05) is 46.4 Å². The predicted octanol–water partition coefficient (Wildman–Crippen LogP) is 1.87. The van der Waals surface area contributed by atoms with Crippen molar-refractivity contribution in [2.45, 2.75) is 78.8 Å². The Hall–Kier alpha value is -2.62. The van der Waals surface area contributed by atoms with Crippen LogP contribution in [-0.2, 0) is 24.9 Å². The van der Waals surface area contributed by atoms with Crippen LogP contribution in [0, 0.1) is 0 Å². The molecule has 1 saturated heterocycles. The number of aliphatic hydroxyl groups excluding tert-OH is 1. The van der Waals surface area contributed by atoms with Crippen molar-refractivity contribution in [3.63, 3.8) is 0 Å². The van der Waals surface area contributed by atoms with Crippen molar-refractivity contribution < 1.29 is 14.6 Å². The van der Waals surface area contributed by atoms with Crippen molar-refractivity contribution in [1.29, 1.82) is 0 Å². The molecule has 0 aliphatic carbocycles. The highest BCUT2D eigenvalue weighted by Crippen LogP contribution is 2.29. The van der Waals surface area contributed by atoms with Gasteiger partial charge in [0.15, 0.2) is 5.82 Å². The van der Waals surface area contributed by atoms with Gasteiger partial charge in [-0.15, -0.1) is 0 Å². The highest BCUT2D eigenvalue weighted by Gasteiger charge is 2.37. The number of fused-ring (bicyclic) bond motifs is 1. The molecule has 172 valence electrons. The van der Waals surface area contributed by atoms with E-state index in [0.29, 0.717) is 42.4 Å². The van der Waals surface area contributed by atoms with E-state index in [4.69, 9.17) is 4.74 Å². The normalized spacial score (nSPS) is 19.9. The maximum atomic E-state index is 12.8. The summed E-state index contributed by atoms with van der Waals surface area (Å²) in [6, 6.07) is -0.181. The molecule has 0 unspecified atom stereocenters. The van der Waals surface area contributed by atoms with E-state index in [0.717, 1.165) is 6.42 Å². The van der Waals surface area contributed by atoms with Gasteiger partial charge in [0.05, 0.1) is 6.04 Å². The van der Waals surface area contributed by atoms with Gasteiger partial charge in [-0.05, 0) is 41.0 Å². The van der Waals surface area contributed by atoms with Gasteiger partial charge in [-0.1, -0.05) is 6.92 Å². The van der Waals surface area contributed by atoms with Gasteiger partial charge in [0.1, 0.15) is 29.2 Å². The summed E-state index contributed by atoms with van der Waals surface area (Å²) in [6.45, 7) is 12.7. The molecule has 10 nitrogen and oxygen atoms in total. The molecule has 0 bridgehead atoms. The lowest BCUT2D eigenvalue weighted by Crippen LogP contribution is -2.60. The molecular weight excluding hydrogens is 400 g/mol. The number of amides is 1. The molecule has 0 spiro atoms. The number of aliphatic hydroxyl groups is 1. The van der Waals surface area contributed by atoms with Crippen molar-refractivity contribution in [1.82, 2.24) is 24.0 Å². The van der Waals surface area contributed by atoms with Crippen molar-refractivity contribution in [3.8, 4) is 0 Å². The van der Waals surface area contributed by atoms with Crippen LogP contribution in [0.4, 0.5) is 10.6 Å². The van der Waals surface area contributed by atoms with E-state index in [1.54, 1.807) is 21.1 Å². The van der Waals surface area contributed by atoms with Crippen LogP contribution in [-0.4, -0.2) is 66.0 Å². The molecule has 0 radical (unpaired) electrons. The molecule has 31 heavy (non-hydrogen) atoms. The number of ether oxygens (including phenoxy) is 1. The molecular formula is C21H34N6O4. The van der Waals surface area contributed by atoms with Gasteiger partial charge in [-0.3, -0.25) is 4.57 Å². The number of hydrogen-bond donors (Lipinski definition) is 1. The standard InChI is InChI=1S/C21H34N6O4/c1-8-14-11-26(13(3)10-27(14)20(30)31-21(4,5)6)17-16-18(24(7)15(12-28)22-16)25(9-2)19(29)23-17/h13-14,28H,8-12H2,1-7H3/t13-,14+/m0/s1. The molecule has 3 rings (SSSR count). The highest BCUT2D eigenvalue weighted by atomic mass is 16.6. The average Bonchev–Trinajstić information content (AvgIpc) is 3.02. The summed E-state index contributed by atoms with van der Waals surface area (Å²) in [6.07, 6.45) is 0.410. The molecule has 2 atom stereocenters. The number of carbonyl (C=O) groups excluding carboxylic acids is 1. The van der Waals surface area contributed by atoms with E-state index in [2.05, 4.69) is 9.97 Å². The summed E-state index contributed by atoms with van der Waals surface area (Å²) in [5.41, 5.74) is 0.298. The van der Waals surface area contributed by atoms with Gasteiger partial charge < -0.3 is 24.2 Å². The first-order valence-electron chi connectivity index (χ1n) is 10.9. The quantitative estimate of drug-likeness (QED) is 0.783. The fourth-order valence-electron chi connectivity index (χ4n) is 4.14. The number of piperazine rings is 1. The van der Waals surface area contributed by atoms with Crippen molar-refractivity contribution in [2.24, 2.45) is 7.05 Å². The van der Waals surface area contributed by atoms with Gasteiger partial charge in [0, 0.05) is 32.7 Å². The Morgan fingerprint density at radius 3 is 2.45 bits per heavy atom. The van der Waals surface area contributed by atoms with Crippen molar-refractivity contribution >= 4 is 23.1 Å². The molecule has 1 amide bonds. The molecule has 1 N–H and O–H groups in total. The minimum atomic E-state index is -0.567. The van der Waals surface area contributed by atoms with E-state index >= 15 is 0 Å². The van der Waals surface area contributed by atoms with Gasteiger partial charge in [0.25, 0.3) is 0 Å². The van der Waals surface area contributed by atoms with E-state index in [9.17, 15) is 14.7 Å². The lowest BCUT2D eigenvalue weighted by molar-refractivity contribution is 0.0106. The molecule has 2 aromatic rings. The SMILES string of the molecule is CC[C@@H]1CN(c2nc(=O)n(CC)c3c2nc(CO)n3C)[C@@H](C)CN1C(=O)OC(C)(C)C. The largest absolute Gasteiger partial charge is 0.444 e. The topological polar surface area (TPSA) is 106 Å². The Balaban J connectivity index is 2.04. The van der Waals surface area contributed by atoms with Crippen LogP contribution in [0.15, 0.2) is 4.79 Å². The van der Waals surface area contributed by atoms with E-state index in [-0.39, 0.29) is 30.5 Å². The summed E-state index contributed by atoms with van der Waals surface area (Å²) in [5.74, 6) is 0.965. The number of carbonyl (C=O) groups is 1. The fourth-order valence-corrected chi connectivity index (χ4v) is 4.14. The molecule has 1 aliphatic heterocycles. The fraction of sp³-hybridized carbons (Fsp3) is 0.714. The molecule has 10 heteroatoms. The number of imidazole rings is 1. The second-order valence-corrected chi connectivity index (χ2v) is 9.08. The molecule has 0 saturated carbocycles. The number of hydrogen-bond acceptors (Lipinski definition) is 7. The number of rotatable bonds is 4. The first-order chi connectivity index (χ1) is 14.5. The number of aromatic nitrogens is 4. The van der Waals surface area contributed by atoms with Crippen LogP contribution in [0.5, 0.6) is 0 Å². The average molecular weight is 435 g/mol. The number of nitrogens with zero attached hydrogens (tertiary/aromatic N) is 6. The number of aryl methyl sites for hydroxylation is 2. The summed E-state index contributed by atoms with van der Waals surface area (Å²) >= 11 is 0. The first kappa shape index (κ1) is 23.1. The van der Waals surface area contributed by atoms with Gasteiger partial charge in [-0.2, -0.15) is 4.98 Å². The van der Waals surface area contributed by atoms with Crippen LogP contribution in [0.25, 0.3) is 11.2 Å². The third kappa shape index (κ3) is 4.26. The second kappa shape index (κ2) is 8.49. The first-order valence-corrected chi connectivity index (χ1v) is 10.9. The van der Waals surface area contributed by atoms with Crippen LogP contribution in [0.2, 0.25) is 0 Å². The summed E-state index contributed by atoms with van der Waals surface area (Å²) in [7, 11) is 1.79. The highest BCUT2D eigenvalue weighted by molar-refractivity contribution is 5.85. The molecule has 2 aromatic heterocycles. The van der Waals surface area contributed by atoms with Gasteiger partial charge in [0.2, 0.25) is 0 Å². The zero-order valence-electron chi connectivity index (χ0n) is 19.5. The minimum absolute atomic E-state index is 0.0856. The predicted molar refractivity (Wildman–Crippen MR) is 118 cm³/mol. The Morgan fingerprint density at radius 2 is 1.90 bits per heavy atom. The maximum Gasteiger partial charge on any atom is 0.410 e. The Morgan fingerprint density at radius 1 is 1.23 bits per heavy atom. The molecule has 3 heterocycles. The zero-order chi connectivity index (χ0) is 23.1. The Kier molecular flexibility index (Phi) is 6.31. The Labute approximate surface area is 182 Å². The van der Waals surface area contributed by atoms with Crippen LogP contribution in [0.3, 0.4) is 0 Å². The molecule has 1 fully saturated rings. The van der Waals surface area contributed by atoms with Crippen molar-refractivity contribution in [2.75, 3.05) is 18.0 Å².